The van der Waals surface area contributed by atoms with Gasteiger partial charge in [-0.1, -0.05) is 42.8 Å². The van der Waals surface area contributed by atoms with E-state index in [4.69, 9.17) is 16.3 Å². The summed E-state index contributed by atoms with van der Waals surface area (Å²) in [6.45, 7) is 2.27. The van der Waals surface area contributed by atoms with E-state index in [9.17, 15) is 18.5 Å². The van der Waals surface area contributed by atoms with E-state index in [1.54, 1.807) is 41.3 Å². The maximum Gasteiger partial charge on any atom is 0.249 e. The molecule has 2 atom stereocenters. The number of carbonyl (C=O) groups excluding carboxylic acids is 1. The van der Waals surface area contributed by atoms with Gasteiger partial charge in [-0.25, -0.2) is 8.42 Å². The lowest BCUT2D eigenvalue weighted by Gasteiger charge is -2.43. The van der Waals surface area contributed by atoms with E-state index in [0.29, 0.717) is 42.1 Å². The maximum atomic E-state index is 13.4. The van der Waals surface area contributed by atoms with Crippen LogP contribution >= 0.6 is 11.6 Å². The van der Waals surface area contributed by atoms with Crippen LogP contribution in [0.4, 0.5) is 5.69 Å². The van der Waals surface area contributed by atoms with Crippen LogP contribution in [0, 0.1) is 11.3 Å². The van der Waals surface area contributed by atoms with Crippen molar-refractivity contribution in [1.82, 2.24) is 4.90 Å². The molecule has 174 valence electrons. The van der Waals surface area contributed by atoms with Crippen molar-refractivity contribution >= 4 is 33.2 Å². The molecule has 9 heteroatoms. The normalized spacial score (nSPS) is 19.7. The topological polar surface area (TPSA) is 90.7 Å². The monoisotopic (exact) mass is 487 g/mol. The third-order valence-corrected chi connectivity index (χ3v) is 8.69. The number of para-hydroxylation sites is 1. The Bertz CT molecular complexity index is 1160. The average Bonchev–Trinajstić information content (AvgIpc) is 3.67. The van der Waals surface area contributed by atoms with Crippen molar-refractivity contribution < 1.29 is 17.9 Å². The van der Waals surface area contributed by atoms with Crippen molar-refractivity contribution in [3.05, 3.63) is 64.7 Å². The molecule has 0 radical (unpaired) electrons. The van der Waals surface area contributed by atoms with Crippen LogP contribution < -0.4 is 4.31 Å². The fourth-order valence-electron chi connectivity index (χ4n) is 4.26. The molecule has 0 spiro atoms. The molecule has 0 aromatic heterocycles. The second-order valence-electron chi connectivity index (χ2n) is 8.35. The zero-order chi connectivity index (χ0) is 23.6. The number of hydrogen-bond acceptors (Lipinski definition) is 5. The van der Waals surface area contributed by atoms with Gasteiger partial charge in [-0.3, -0.25) is 9.10 Å². The van der Waals surface area contributed by atoms with Crippen molar-refractivity contribution in [2.45, 2.75) is 43.5 Å². The van der Waals surface area contributed by atoms with E-state index in [0.717, 1.165) is 5.56 Å². The van der Waals surface area contributed by atoms with Crippen molar-refractivity contribution in [1.29, 1.82) is 5.26 Å². The number of anilines is 1. The number of benzene rings is 2. The molecule has 33 heavy (non-hydrogen) atoms. The van der Waals surface area contributed by atoms with Crippen LogP contribution in [-0.2, 0) is 19.6 Å². The number of ether oxygens (including phenoxy) is 1. The van der Waals surface area contributed by atoms with Gasteiger partial charge in [0, 0.05) is 5.02 Å². The van der Waals surface area contributed by atoms with E-state index in [1.165, 1.54) is 4.31 Å². The summed E-state index contributed by atoms with van der Waals surface area (Å²) in [4.78, 5) is 14.8. The summed E-state index contributed by atoms with van der Waals surface area (Å²) < 4.78 is 33.8. The number of halogens is 1. The predicted octanol–water partition coefficient (Wildman–Crippen LogP) is 3.89. The van der Waals surface area contributed by atoms with Gasteiger partial charge in [-0.05, 0) is 49.1 Å². The molecule has 1 aliphatic carbocycles. The van der Waals surface area contributed by atoms with Gasteiger partial charge in [0.1, 0.15) is 12.7 Å². The fourth-order valence-corrected chi connectivity index (χ4v) is 6.29. The van der Waals surface area contributed by atoms with Gasteiger partial charge < -0.3 is 9.64 Å². The molecule has 2 aliphatic rings. The van der Waals surface area contributed by atoms with E-state index in [2.05, 4.69) is 6.07 Å². The van der Waals surface area contributed by atoms with Gasteiger partial charge in [-0.15, -0.1) is 0 Å². The molecule has 1 amide bonds. The molecular weight excluding hydrogens is 462 g/mol. The van der Waals surface area contributed by atoms with Crippen LogP contribution in [0.2, 0.25) is 5.02 Å². The molecule has 0 N–H and O–H groups in total. The summed E-state index contributed by atoms with van der Waals surface area (Å²) >= 11 is 6.04. The smallest absolute Gasteiger partial charge is 0.249 e. The highest BCUT2D eigenvalue weighted by atomic mass is 35.5. The lowest BCUT2D eigenvalue weighted by Crippen LogP contribution is -2.54. The minimum atomic E-state index is -3.67. The Kier molecular flexibility index (Phi) is 6.94. The SMILES string of the molecule is CC[C@@H](CN(c1ccccc1C#N)S(=O)(=O)C1CC1)N1C(=O)COC[C@H]1c1ccc(Cl)cc1. The number of amides is 1. The first-order chi connectivity index (χ1) is 15.9. The number of morpholine rings is 1. The third kappa shape index (κ3) is 4.86. The molecule has 1 heterocycles. The average molecular weight is 488 g/mol. The van der Waals surface area contributed by atoms with Gasteiger partial charge in [0.15, 0.2) is 0 Å². The zero-order valence-electron chi connectivity index (χ0n) is 18.4. The highest BCUT2D eigenvalue weighted by molar-refractivity contribution is 7.93. The quantitative estimate of drug-likeness (QED) is 0.563. The number of carbonyl (C=O) groups is 1. The molecule has 4 rings (SSSR count). The Morgan fingerprint density at radius 2 is 1.91 bits per heavy atom. The predicted molar refractivity (Wildman–Crippen MR) is 126 cm³/mol. The van der Waals surface area contributed by atoms with Crippen molar-refractivity contribution in [3.8, 4) is 6.07 Å². The van der Waals surface area contributed by atoms with Gasteiger partial charge in [0.2, 0.25) is 15.9 Å². The Morgan fingerprint density at radius 1 is 1.21 bits per heavy atom. The number of nitriles is 1. The van der Waals surface area contributed by atoms with Crippen molar-refractivity contribution in [2.75, 3.05) is 24.1 Å². The summed E-state index contributed by atoms with van der Waals surface area (Å²) in [6, 6.07) is 15.3. The summed E-state index contributed by atoms with van der Waals surface area (Å²) in [5.74, 6) is -0.189. The number of hydrogen-bond donors (Lipinski definition) is 0. The van der Waals surface area contributed by atoms with E-state index in [1.807, 2.05) is 19.1 Å². The maximum absolute atomic E-state index is 13.4. The van der Waals surface area contributed by atoms with Crippen LogP contribution in [0.5, 0.6) is 0 Å². The summed E-state index contributed by atoms with van der Waals surface area (Å²) in [6.07, 6.45) is 1.75. The molecule has 0 unspecified atom stereocenters. The second kappa shape index (κ2) is 9.72. The lowest BCUT2D eigenvalue weighted by atomic mass is 10.0. The Balaban J connectivity index is 1.72. The van der Waals surface area contributed by atoms with Gasteiger partial charge >= 0.3 is 0 Å². The summed E-state index contributed by atoms with van der Waals surface area (Å²) in [5.41, 5.74) is 1.52. The Morgan fingerprint density at radius 3 is 2.55 bits per heavy atom. The number of nitrogens with zero attached hydrogens (tertiary/aromatic N) is 3. The fraction of sp³-hybridized carbons (Fsp3) is 0.417. The third-order valence-electron chi connectivity index (χ3n) is 6.17. The molecule has 1 saturated heterocycles. The second-order valence-corrected chi connectivity index (χ2v) is 10.9. The standard InChI is InChI=1S/C24H26ClN3O4S/c1-2-20(28-23(15-32-16-24(28)29)17-7-9-19(25)10-8-17)14-27(33(30,31)21-11-12-21)22-6-4-3-5-18(22)13-26/h3-10,20-21,23H,2,11-12,14-16H2,1H3/t20-,23-/m0/s1. The van der Waals surface area contributed by atoms with E-state index < -0.39 is 21.3 Å². The molecule has 1 aliphatic heterocycles. The molecule has 0 bridgehead atoms. The zero-order valence-corrected chi connectivity index (χ0v) is 19.9. The van der Waals surface area contributed by atoms with Gasteiger partial charge in [-0.2, -0.15) is 5.26 Å². The minimum Gasteiger partial charge on any atom is -0.369 e. The Labute approximate surface area is 199 Å². The minimum absolute atomic E-state index is 0.0508. The van der Waals surface area contributed by atoms with Crippen molar-refractivity contribution in [2.24, 2.45) is 0 Å². The molecule has 7 nitrogen and oxygen atoms in total. The summed E-state index contributed by atoms with van der Waals surface area (Å²) in [5, 5.41) is 9.76. The number of sulfonamides is 1. The van der Waals surface area contributed by atoms with Crippen LogP contribution in [0.3, 0.4) is 0 Å². The largest absolute Gasteiger partial charge is 0.369 e. The van der Waals surface area contributed by atoms with Gasteiger partial charge in [0.25, 0.3) is 0 Å². The van der Waals surface area contributed by atoms with Crippen molar-refractivity contribution in [3.63, 3.8) is 0 Å². The van der Waals surface area contributed by atoms with E-state index in [-0.39, 0.29) is 25.1 Å². The number of rotatable bonds is 8. The molecule has 2 fully saturated rings. The first-order valence-electron chi connectivity index (χ1n) is 11.0. The first kappa shape index (κ1) is 23.6. The van der Waals surface area contributed by atoms with Crippen LogP contribution in [-0.4, -0.2) is 50.3 Å². The molecular formula is C24H26ClN3O4S. The highest BCUT2D eigenvalue weighted by Crippen LogP contribution is 2.36. The van der Waals surface area contributed by atoms with E-state index >= 15 is 0 Å². The van der Waals surface area contributed by atoms with Gasteiger partial charge in [0.05, 0.1) is 41.7 Å². The van der Waals surface area contributed by atoms with Crippen LogP contribution in [0.1, 0.15) is 43.4 Å². The molecule has 1 saturated carbocycles. The molecule has 2 aromatic rings. The van der Waals surface area contributed by atoms with Crippen LogP contribution in [0.15, 0.2) is 48.5 Å². The highest BCUT2D eigenvalue weighted by Gasteiger charge is 2.43. The Hall–Kier alpha value is -2.60. The first-order valence-corrected chi connectivity index (χ1v) is 12.9. The van der Waals surface area contributed by atoms with Crippen LogP contribution in [0.25, 0.3) is 0 Å². The summed E-state index contributed by atoms with van der Waals surface area (Å²) in [7, 11) is -3.67. The molecule has 2 aromatic carbocycles. The lowest BCUT2D eigenvalue weighted by molar-refractivity contribution is -0.152.